The molecule has 0 radical (unpaired) electrons. The highest BCUT2D eigenvalue weighted by molar-refractivity contribution is 9.10. The number of hydrogen-bond acceptors (Lipinski definition) is 2. The first-order valence-electron chi connectivity index (χ1n) is 6.75. The lowest BCUT2D eigenvalue weighted by molar-refractivity contribution is -0.137. The lowest BCUT2D eigenvalue weighted by atomic mass is 10.0. The zero-order chi connectivity index (χ0) is 16.6. The first kappa shape index (κ1) is 15.9. The van der Waals surface area contributed by atoms with E-state index >= 15 is 0 Å². The molecule has 1 saturated heterocycles. The van der Waals surface area contributed by atoms with Crippen LogP contribution in [0.3, 0.4) is 0 Å². The molecule has 1 unspecified atom stereocenters. The van der Waals surface area contributed by atoms with Crippen LogP contribution in [0.2, 0.25) is 0 Å². The Morgan fingerprint density at radius 1 is 1.13 bits per heavy atom. The number of nitrogens with zero attached hydrogens (tertiary/aromatic N) is 1. The van der Waals surface area contributed by atoms with Crippen molar-refractivity contribution in [3.63, 3.8) is 0 Å². The number of hydrogen-bond donors (Lipinski definition) is 0. The van der Waals surface area contributed by atoms with Crippen molar-refractivity contribution in [1.29, 1.82) is 0 Å². The number of ether oxygens (including phenoxy) is 1. The summed E-state index contributed by atoms with van der Waals surface area (Å²) < 4.78 is 44.5. The smallest absolute Gasteiger partial charge is 0.416 e. The van der Waals surface area contributed by atoms with Gasteiger partial charge in [-0.3, -0.25) is 4.90 Å². The second kappa shape index (κ2) is 5.88. The van der Waals surface area contributed by atoms with E-state index in [-0.39, 0.29) is 6.61 Å². The van der Waals surface area contributed by atoms with E-state index in [1.165, 1.54) is 11.0 Å². The van der Waals surface area contributed by atoms with Crippen molar-refractivity contribution in [1.82, 2.24) is 0 Å². The third kappa shape index (κ3) is 3.19. The number of carbonyl (C=O) groups is 1. The minimum atomic E-state index is -4.43. The number of rotatable bonds is 2. The number of amides is 1. The van der Waals surface area contributed by atoms with Crippen molar-refractivity contribution in [2.45, 2.75) is 12.2 Å². The summed E-state index contributed by atoms with van der Waals surface area (Å²) in [6.45, 7) is 0.0101. The van der Waals surface area contributed by atoms with Crippen LogP contribution < -0.4 is 4.90 Å². The van der Waals surface area contributed by atoms with Gasteiger partial charge in [0.15, 0.2) is 0 Å². The maximum absolute atomic E-state index is 12.9. The summed E-state index contributed by atoms with van der Waals surface area (Å²) >= 11 is 3.30. The second-order valence-corrected chi connectivity index (χ2v) is 5.98. The number of cyclic esters (lactones) is 1. The molecule has 1 heterocycles. The lowest BCUT2D eigenvalue weighted by Gasteiger charge is -2.22. The van der Waals surface area contributed by atoms with Crippen LogP contribution in [0.25, 0.3) is 0 Å². The molecule has 0 saturated carbocycles. The quantitative estimate of drug-likeness (QED) is 0.713. The van der Waals surface area contributed by atoms with E-state index in [4.69, 9.17) is 4.74 Å². The Hall–Kier alpha value is -2.02. The summed E-state index contributed by atoms with van der Waals surface area (Å²) in [6.07, 6.45) is -5.00. The van der Waals surface area contributed by atoms with Gasteiger partial charge in [0.1, 0.15) is 6.61 Å². The van der Waals surface area contributed by atoms with Crippen LogP contribution in [-0.4, -0.2) is 12.7 Å². The fourth-order valence-corrected chi connectivity index (χ4v) is 2.74. The average Bonchev–Trinajstić information content (AvgIpc) is 2.89. The van der Waals surface area contributed by atoms with E-state index in [0.29, 0.717) is 11.3 Å². The van der Waals surface area contributed by atoms with E-state index in [1.54, 1.807) is 30.3 Å². The first-order chi connectivity index (χ1) is 10.9. The average molecular weight is 386 g/mol. The summed E-state index contributed by atoms with van der Waals surface area (Å²) in [7, 11) is 0. The first-order valence-corrected chi connectivity index (χ1v) is 7.54. The minimum Gasteiger partial charge on any atom is -0.447 e. The number of carbonyl (C=O) groups excluding carboxylic acids is 1. The maximum atomic E-state index is 12.9. The molecule has 0 bridgehead atoms. The summed E-state index contributed by atoms with van der Waals surface area (Å²) in [6, 6.07) is 11.3. The van der Waals surface area contributed by atoms with Gasteiger partial charge in [0.05, 0.1) is 11.6 Å². The van der Waals surface area contributed by atoms with Crippen LogP contribution in [0.1, 0.15) is 17.2 Å². The Morgan fingerprint density at radius 3 is 2.48 bits per heavy atom. The number of benzene rings is 2. The van der Waals surface area contributed by atoms with E-state index in [2.05, 4.69) is 15.9 Å². The van der Waals surface area contributed by atoms with Gasteiger partial charge in [-0.25, -0.2) is 4.79 Å². The number of halogens is 4. The molecule has 1 aliphatic rings. The SMILES string of the molecule is O=C1OCC(c2cccc(C(F)(F)F)c2)N1c1ccc(Br)cc1. The highest BCUT2D eigenvalue weighted by Crippen LogP contribution is 2.36. The second-order valence-electron chi connectivity index (χ2n) is 5.06. The summed E-state index contributed by atoms with van der Waals surface area (Å²) in [5.41, 5.74) is 0.205. The molecule has 1 fully saturated rings. The molecule has 0 spiro atoms. The molecule has 0 N–H and O–H groups in total. The van der Waals surface area contributed by atoms with Crippen molar-refractivity contribution in [3.8, 4) is 0 Å². The molecule has 2 aromatic rings. The Balaban J connectivity index is 1.98. The fraction of sp³-hybridized carbons (Fsp3) is 0.188. The number of anilines is 1. The van der Waals surface area contributed by atoms with Gasteiger partial charge in [0.25, 0.3) is 0 Å². The van der Waals surface area contributed by atoms with Gasteiger partial charge in [-0.1, -0.05) is 28.1 Å². The molecule has 3 rings (SSSR count). The molecular weight excluding hydrogens is 375 g/mol. The lowest BCUT2D eigenvalue weighted by Crippen LogP contribution is -2.27. The van der Waals surface area contributed by atoms with E-state index < -0.39 is 23.9 Å². The molecule has 23 heavy (non-hydrogen) atoms. The van der Waals surface area contributed by atoms with Crippen molar-refractivity contribution in [2.75, 3.05) is 11.5 Å². The summed E-state index contributed by atoms with van der Waals surface area (Å²) in [5.74, 6) is 0. The van der Waals surface area contributed by atoms with Crippen molar-refractivity contribution >= 4 is 27.7 Å². The molecule has 3 nitrogen and oxygen atoms in total. The Labute approximate surface area is 138 Å². The molecule has 0 aliphatic carbocycles. The molecule has 1 amide bonds. The van der Waals surface area contributed by atoms with Crippen LogP contribution in [0, 0.1) is 0 Å². The topological polar surface area (TPSA) is 29.5 Å². The van der Waals surface area contributed by atoms with Crippen molar-refractivity contribution in [3.05, 3.63) is 64.1 Å². The highest BCUT2D eigenvalue weighted by Gasteiger charge is 2.37. The van der Waals surface area contributed by atoms with E-state index in [0.717, 1.165) is 16.6 Å². The number of alkyl halides is 3. The predicted octanol–water partition coefficient (Wildman–Crippen LogP) is 5.17. The standard InChI is InChI=1S/C16H11BrF3NO2/c17-12-4-6-13(7-5-12)21-14(9-23-15(21)22)10-2-1-3-11(8-10)16(18,19)20/h1-8,14H,9H2. The van der Waals surface area contributed by atoms with Crippen LogP contribution >= 0.6 is 15.9 Å². The van der Waals surface area contributed by atoms with Crippen LogP contribution in [0.15, 0.2) is 53.0 Å². The maximum Gasteiger partial charge on any atom is 0.416 e. The van der Waals surface area contributed by atoms with Crippen LogP contribution in [-0.2, 0) is 10.9 Å². The third-order valence-electron chi connectivity index (χ3n) is 3.58. The Morgan fingerprint density at radius 2 is 1.83 bits per heavy atom. The van der Waals surface area contributed by atoms with Gasteiger partial charge < -0.3 is 4.74 Å². The van der Waals surface area contributed by atoms with Gasteiger partial charge in [-0.05, 0) is 42.0 Å². The van der Waals surface area contributed by atoms with Crippen LogP contribution in [0.4, 0.5) is 23.7 Å². The van der Waals surface area contributed by atoms with Crippen molar-refractivity contribution in [2.24, 2.45) is 0 Å². The largest absolute Gasteiger partial charge is 0.447 e. The molecule has 7 heteroatoms. The fourth-order valence-electron chi connectivity index (χ4n) is 2.48. The molecule has 1 atom stereocenters. The van der Waals surface area contributed by atoms with Gasteiger partial charge in [-0.15, -0.1) is 0 Å². The van der Waals surface area contributed by atoms with Gasteiger partial charge in [0.2, 0.25) is 0 Å². The van der Waals surface area contributed by atoms with E-state index in [1.807, 2.05) is 0 Å². The monoisotopic (exact) mass is 385 g/mol. The molecule has 1 aliphatic heterocycles. The highest BCUT2D eigenvalue weighted by atomic mass is 79.9. The summed E-state index contributed by atoms with van der Waals surface area (Å²) in [5, 5.41) is 0. The minimum absolute atomic E-state index is 0.0101. The van der Waals surface area contributed by atoms with Gasteiger partial charge in [0, 0.05) is 10.2 Å². The van der Waals surface area contributed by atoms with Crippen molar-refractivity contribution < 1.29 is 22.7 Å². The molecule has 120 valence electrons. The Kier molecular flexibility index (Phi) is 4.06. The molecule has 2 aromatic carbocycles. The Bertz CT molecular complexity index is 731. The molecular formula is C16H11BrF3NO2. The zero-order valence-corrected chi connectivity index (χ0v) is 13.3. The van der Waals surface area contributed by atoms with Crippen LogP contribution in [0.5, 0.6) is 0 Å². The zero-order valence-electron chi connectivity index (χ0n) is 11.7. The van der Waals surface area contributed by atoms with Gasteiger partial charge in [-0.2, -0.15) is 13.2 Å². The molecule has 0 aromatic heterocycles. The third-order valence-corrected chi connectivity index (χ3v) is 4.11. The normalized spacial score (nSPS) is 18.2. The predicted molar refractivity (Wildman–Crippen MR) is 82.2 cm³/mol. The van der Waals surface area contributed by atoms with E-state index in [9.17, 15) is 18.0 Å². The summed E-state index contributed by atoms with van der Waals surface area (Å²) in [4.78, 5) is 13.4. The van der Waals surface area contributed by atoms with Gasteiger partial charge >= 0.3 is 12.3 Å².